The third kappa shape index (κ3) is 6.96. The molecule has 0 saturated carbocycles. The van der Waals surface area contributed by atoms with Crippen LogP contribution in [0.15, 0.2) is 0 Å². The Labute approximate surface area is 137 Å². The largest absolute Gasteiger partial charge is 0.336 e. The van der Waals surface area contributed by atoms with Gasteiger partial charge in [-0.3, -0.25) is 4.90 Å². The second-order valence-electron chi connectivity index (χ2n) is 6.20. The molecule has 0 aromatic rings. The van der Waals surface area contributed by atoms with Crippen molar-refractivity contribution in [2.45, 2.75) is 72.1 Å². The minimum absolute atomic E-state index is 1.02. The summed E-state index contributed by atoms with van der Waals surface area (Å²) in [6, 6.07) is 0. The van der Waals surface area contributed by atoms with Crippen LogP contribution in [-0.2, 0) is 0 Å². The molecule has 4 heteroatoms. The van der Waals surface area contributed by atoms with E-state index >= 15 is 0 Å². The van der Waals surface area contributed by atoms with Gasteiger partial charge in [0.2, 0.25) is 0 Å². The number of thiocarbonyl (C=S) groups is 1. The molecule has 1 aliphatic rings. The molecule has 0 radical (unpaired) electrons. The molecule has 0 aliphatic carbocycles. The van der Waals surface area contributed by atoms with Crippen LogP contribution in [0.25, 0.3) is 0 Å². The summed E-state index contributed by atoms with van der Waals surface area (Å²) in [5.41, 5.74) is 0. The predicted octanol–water partition coefficient (Wildman–Crippen LogP) is 4.29. The number of nitrogens with zero attached hydrogens (tertiary/aromatic N) is 3. The molecule has 0 amide bonds. The van der Waals surface area contributed by atoms with Gasteiger partial charge in [0.1, 0.15) is 0 Å². The summed E-state index contributed by atoms with van der Waals surface area (Å²) >= 11 is 5.66. The second-order valence-corrected chi connectivity index (χ2v) is 6.57. The summed E-state index contributed by atoms with van der Waals surface area (Å²) in [5.74, 6) is 0. The fourth-order valence-electron chi connectivity index (χ4n) is 2.88. The van der Waals surface area contributed by atoms with Crippen LogP contribution in [0, 0.1) is 0 Å². The quantitative estimate of drug-likeness (QED) is 0.416. The minimum atomic E-state index is 1.02. The van der Waals surface area contributed by atoms with E-state index in [1.54, 1.807) is 0 Å². The predicted molar refractivity (Wildman–Crippen MR) is 96.4 cm³/mol. The first-order chi connectivity index (χ1) is 10.2. The Morgan fingerprint density at radius 1 is 0.762 bits per heavy atom. The standard InChI is InChI=1S/C17H35N3S/c1-4-7-9-11-13-18-15-19(6-3)17(21)20(16-18)14-12-10-8-5-2/h4-16H2,1-3H3. The van der Waals surface area contributed by atoms with E-state index in [-0.39, 0.29) is 0 Å². The summed E-state index contributed by atoms with van der Waals surface area (Å²) in [7, 11) is 0. The Kier molecular flexibility index (Phi) is 10.0. The van der Waals surface area contributed by atoms with Crippen molar-refractivity contribution in [3.05, 3.63) is 0 Å². The van der Waals surface area contributed by atoms with E-state index < -0.39 is 0 Å². The van der Waals surface area contributed by atoms with E-state index in [0.717, 1.165) is 31.5 Å². The lowest BCUT2D eigenvalue weighted by molar-refractivity contribution is 0.0828. The summed E-state index contributed by atoms with van der Waals surface area (Å²) in [6.07, 6.45) is 10.6. The van der Waals surface area contributed by atoms with Gasteiger partial charge in [0, 0.05) is 19.6 Å². The molecule has 3 nitrogen and oxygen atoms in total. The third-order valence-electron chi connectivity index (χ3n) is 4.27. The van der Waals surface area contributed by atoms with Crippen molar-refractivity contribution in [3.8, 4) is 0 Å². The first kappa shape index (κ1) is 18.7. The molecule has 1 saturated heterocycles. The van der Waals surface area contributed by atoms with Gasteiger partial charge in [-0.25, -0.2) is 0 Å². The van der Waals surface area contributed by atoms with Gasteiger partial charge in [0.15, 0.2) is 5.11 Å². The molecular weight excluding hydrogens is 278 g/mol. The van der Waals surface area contributed by atoms with Crippen molar-refractivity contribution in [1.82, 2.24) is 14.7 Å². The van der Waals surface area contributed by atoms with Crippen molar-refractivity contribution >= 4 is 17.3 Å². The highest BCUT2D eigenvalue weighted by Crippen LogP contribution is 2.13. The Morgan fingerprint density at radius 3 is 1.90 bits per heavy atom. The maximum atomic E-state index is 5.66. The summed E-state index contributed by atoms with van der Waals surface area (Å²) in [6.45, 7) is 12.2. The van der Waals surface area contributed by atoms with Crippen molar-refractivity contribution in [3.63, 3.8) is 0 Å². The number of hydrogen-bond donors (Lipinski definition) is 0. The van der Waals surface area contributed by atoms with Gasteiger partial charge in [-0.15, -0.1) is 0 Å². The van der Waals surface area contributed by atoms with Crippen LogP contribution >= 0.6 is 12.2 Å². The second kappa shape index (κ2) is 11.2. The summed E-state index contributed by atoms with van der Waals surface area (Å²) in [4.78, 5) is 7.32. The SMILES string of the molecule is CCCCCCN1CN(CC)C(=S)N(CCCCCC)C1. The van der Waals surface area contributed by atoms with E-state index in [4.69, 9.17) is 12.2 Å². The van der Waals surface area contributed by atoms with Gasteiger partial charge in [-0.2, -0.15) is 0 Å². The smallest absolute Gasteiger partial charge is 0.173 e. The van der Waals surface area contributed by atoms with Crippen LogP contribution in [-0.4, -0.2) is 52.8 Å². The van der Waals surface area contributed by atoms with Crippen molar-refractivity contribution in [2.24, 2.45) is 0 Å². The highest BCUT2D eigenvalue weighted by molar-refractivity contribution is 7.80. The molecule has 1 aliphatic heterocycles. The van der Waals surface area contributed by atoms with Gasteiger partial charge in [0.25, 0.3) is 0 Å². The first-order valence-electron chi connectivity index (χ1n) is 8.99. The Morgan fingerprint density at radius 2 is 1.33 bits per heavy atom. The first-order valence-corrected chi connectivity index (χ1v) is 9.39. The average molecular weight is 314 g/mol. The van der Waals surface area contributed by atoms with Gasteiger partial charge < -0.3 is 9.80 Å². The Bertz CT molecular complexity index is 283. The zero-order chi connectivity index (χ0) is 15.5. The topological polar surface area (TPSA) is 9.72 Å². The average Bonchev–Trinajstić information content (AvgIpc) is 2.50. The molecule has 21 heavy (non-hydrogen) atoms. The van der Waals surface area contributed by atoms with Crippen molar-refractivity contribution in [2.75, 3.05) is 33.0 Å². The fourth-order valence-corrected chi connectivity index (χ4v) is 3.22. The Hall–Kier alpha value is -0.350. The zero-order valence-electron chi connectivity index (χ0n) is 14.4. The van der Waals surface area contributed by atoms with Crippen LogP contribution in [0.5, 0.6) is 0 Å². The lowest BCUT2D eigenvalue weighted by atomic mass is 10.2. The molecular formula is C17H35N3S. The molecule has 0 atom stereocenters. The van der Waals surface area contributed by atoms with E-state index in [0.29, 0.717) is 0 Å². The fraction of sp³-hybridized carbons (Fsp3) is 0.941. The number of rotatable bonds is 11. The molecule has 0 aromatic carbocycles. The maximum absolute atomic E-state index is 5.66. The van der Waals surface area contributed by atoms with Crippen molar-refractivity contribution in [1.29, 1.82) is 0 Å². The lowest BCUT2D eigenvalue weighted by Gasteiger charge is -2.44. The highest BCUT2D eigenvalue weighted by Gasteiger charge is 2.25. The highest BCUT2D eigenvalue weighted by atomic mass is 32.1. The van der Waals surface area contributed by atoms with E-state index in [1.807, 2.05) is 0 Å². The third-order valence-corrected chi connectivity index (χ3v) is 4.79. The maximum Gasteiger partial charge on any atom is 0.173 e. The lowest BCUT2D eigenvalue weighted by Crippen LogP contribution is -2.58. The van der Waals surface area contributed by atoms with Gasteiger partial charge in [-0.05, 0) is 32.0 Å². The molecule has 1 rings (SSSR count). The van der Waals surface area contributed by atoms with Crippen molar-refractivity contribution < 1.29 is 0 Å². The zero-order valence-corrected chi connectivity index (χ0v) is 15.3. The van der Waals surface area contributed by atoms with Crippen LogP contribution in [0.2, 0.25) is 0 Å². The molecule has 124 valence electrons. The van der Waals surface area contributed by atoms with Crippen LogP contribution in [0.1, 0.15) is 72.1 Å². The van der Waals surface area contributed by atoms with Gasteiger partial charge in [0.05, 0.1) is 13.3 Å². The molecule has 0 bridgehead atoms. The van der Waals surface area contributed by atoms with E-state index in [2.05, 4.69) is 35.5 Å². The van der Waals surface area contributed by atoms with Crippen LogP contribution in [0.3, 0.4) is 0 Å². The van der Waals surface area contributed by atoms with Gasteiger partial charge >= 0.3 is 0 Å². The minimum Gasteiger partial charge on any atom is -0.336 e. The van der Waals surface area contributed by atoms with Crippen LogP contribution in [0.4, 0.5) is 0 Å². The molecule has 0 spiro atoms. The number of unbranched alkanes of at least 4 members (excludes halogenated alkanes) is 6. The van der Waals surface area contributed by atoms with E-state index in [1.165, 1.54) is 57.9 Å². The van der Waals surface area contributed by atoms with Gasteiger partial charge in [-0.1, -0.05) is 52.4 Å². The number of hydrogen-bond acceptors (Lipinski definition) is 2. The molecule has 0 aromatic heterocycles. The normalized spacial score (nSPS) is 16.8. The summed E-state index contributed by atoms with van der Waals surface area (Å²) in [5, 5.41) is 1.07. The van der Waals surface area contributed by atoms with E-state index in [9.17, 15) is 0 Å². The molecule has 1 heterocycles. The van der Waals surface area contributed by atoms with Crippen LogP contribution < -0.4 is 0 Å². The Balaban J connectivity index is 2.38. The molecule has 1 fully saturated rings. The molecule has 0 unspecified atom stereocenters. The molecule has 0 N–H and O–H groups in total. The monoisotopic (exact) mass is 313 g/mol. The summed E-state index contributed by atoms with van der Waals surface area (Å²) < 4.78 is 0.